The van der Waals surface area contributed by atoms with Gasteiger partial charge in [0.05, 0.1) is 67.9 Å². The zero-order valence-electron chi connectivity index (χ0n) is 35.7. The lowest BCUT2D eigenvalue weighted by molar-refractivity contribution is -0.894. The minimum absolute atomic E-state index is 0.121. The second kappa shape index (κ2) is 24.1. The molecular formula is C40H58F2N5O13P. The van der Waals surface area contributed by atoms with Crippen molar-refractivity contribution in [3.63, 3.8) is 0 Å². The van der Waals surface area contributed by atoms with Crippen LogP contribution in [0.15, 0.2) is 63.9 Å². The molecule has 0 saturated carbocycles. The number of alkyl halides is 2. The quantitative estimate of drug-likeness (QED) is 0.105. The summed E-state index contributed by atoms with van der Waals surface area (Å²) in [6.45, 7) is 19.7. The highest BCUT2D eigenvalue weighted by atomic mass is 31.2. The van der Waals surface area contributed by atoms with E-state index in [-0.39, 0.29) is 19.0 Å². The minimum atomic E-state index is -5.54. The molecule has 1 fully saturated rings. The molecule has 1 amide bonds. The van der Waals surface area contributed by atoms with Crippen molar-refractivity contribution in [3.05, 3.63) is 76.5 Å². The Hall–Kier alpha value is -4.66. The largest absolute Gasteiger partial charge is 0.790 e. The molecule has 61 heavy (non-hydrogen) atoms. The van der Waals surface area contributed by atoms with Gasteiger partial charge in [-0.15, -0.1) is 0 Å². The van der Waals surface area contributed by atoms with Gasteiger partial charge < -0.3 is 61.9 Å². The van der Waals surface area contributed by atoms with Crippen LogP contribution in [0.2, 0.25) is 0 Å². The molecule has 1 aliphatic heterocycles. The summed E-state index contributed by atoms with van der Waals surface area (Å²) in [7, 11) is -2.47. The molecule has 5 rings (SSSR count). The number of methoxy groups -OCH3 is 2. The van der Waals surface area contributed by atoms with Crippen molar-refractivity contribution < 1.29 is 75.5 Å². The molecule has 2 aromatic heterocycles. The van der Waals surface area contributed by atoms with Crippen LogP contribution < -0.4 is 44.8 Å². The standard InChI is InChI=1S/C28H28F2N3O13P.2C6H15N/c1-40-18-9-16-10-19(45-23(16)20(11-18)41-2)13-42-17-5-3-15(4-6-17)12-43-27(36)32-22-7-8-33(26(35)31-22)25-28(29,30)24(34)21(46-25)14-44-47(37,38)39;2*1-4-7(5-2)6-3/h3-11,21,24-25,34H,12-14H2,1-2H3,(H2,37,38,39)(H,31,32,35,36);2*4-6H2,1-3H3/t21-,24-,25-;;/m1../s1. The van der Waals surface area contributed by atoms with E-state index >= 15 is 0 Å². The molecular weight excluding hydrogens is 827 g/mol. The Morgan fingerprint density at radius 2 is 1.52 bits per heavy atom. The molecule has 340 valence electrons. The van der Waals surface area contributed by atoms with E-state index in [1.807, 2.05) is 6.07 Å². The third-order valence-electron chi connectivity index (χ3n) is 9.83. The maximum Gasteiger partial charge on any atom is 0.413 e. The van der Waals surface area contributed by atoms with Crippen LogP contribution in [0, 0.1) is 0 Å². The zero-order chi connectivity index (χ0) is 45.3. The minimum Gasteiger partial charge on any atom is -0.790 e. The van der Waals surface area contributed by atoms with E-state index in [0.717, 1.165) is 17.6 Å². The average Bonchev–Trinajstić information content (AvgIpc) is 3.76. The number of nitrogens with one attached hydrogen (secondary N) is 3. The van der Waals surface area contributed by atoms with Gasteiger partial charge in [-0.05, 0) is 77.4 Å². The lowest BCUT2D eigenvalue weighted by Gasteiger charge is -2.30. The fraction of sp³-hybridized carbons (Fsp3) is 0.525. The van der Waals surface area contributed by atoms with E-state index in [2.05, 4.69) is 56.4 Å². The monoisotopic (exact) mass is 885 g/mol. The maximum atomic E-state index is 14.6. The third kappa shape index (κ3) is 15.0. The number of phosphoric acid groups is 1. The normalized spacial score (nSPS) is 17.0. The van der Waals surface area contributed by atoms with Crippen molar-refractivity contribution in [2.75, 3.05) is 65.4 Å². The number of furan rings is 1. The topological polar surface area (TPSA) is 225 Å². The number of quaternary nitrogens is 2. The average molecular weight is 886 g/mol. The molecule has 21 heteroatoms. The van der Waals surface area contributed by atoms with Gasteiger partial charge in [0.25, 0.3) is 0 Å². The SMILES string of the molecule is CC[NH+](CC)CC.CC[NH+](CC)CC.COc1cc(OC)c2oc(COc3ccc(COC(=O)Nc4ccn([C@@H]5O[C@H](COP(=O)([O-])[O-])[C@@H](O)C5(F)F)c(=O)n4)cc3)cc2c1. The van der Waals surface area contributed by atoms with Crippen LogP contribution in [0.3, 0.4) is 0 Å². The van der Waals surface area contributed by atoms with Gasteiger partial charge in [-0.1, -0.05) is 12.1 Å². The Balaban J connectivity index is 0.000000609. The number of nitrogens with zero attached hydrogens (tertiary/aromatic N) is 2. The lowest BCUT2D eigenvalue weighted by atomic mass is 10.1. The number of ether oxygens (including phenoxy) is 5. The van der Waals surface area contributed by atoms with Gasteiger partial charge in [-0.25, -0.2) is 9.59 Å². The van der Waals surface area contributed by atoms with Gasteiger partial charge in [-0.3, -0.25) is 9.88 Å². The van der Waals surface area contributed by atoms with Crippen LogP contribution in [0.25, 0.3) is 11.0 Å². The number of hydrogen-bond donors (Lipinski definition) is 4. The predicted molar refractivity (Wildman–Crippen MR) is 216 cm³/mol. The highest BCUT2D eigenvalue weighted by Gasteiger charge is 2.59. The number of carbonyl (C=O) groups excluding carboxylic acids is 1. The number of aliphatic hydroxyl groups is 1. The first-order valence-corrected chi connectivity index (χ1v) is 21.4. The maximum absolute atomic E-state index is 14.6. The van der Waals surface area contributed by atoms with Crippen molar-refractivity contribution in [1.29, 1.82) is 0 Å². The van der Waals surface area contributed by atoms with Crippen molar-refractivity contribution >= 4 is 30.7 Å². The number of benzene rings is 2. The lowest BCUT2D eigenvalue weighted by Crippen LogP contribution is -3.11. The first-order valence-electron chi connectivity index (χ1n) is 19.9. The Morgan fingerprint density at radius 3 is 2.03 bits per heavy atom. The number of aromatic nitrogens is 2. The van der Waals surface area contributed by atoms with Gasteiger partial charge in [0.2, 0.25) is 6.23 Å². The summed E-state index contributed by atoms with van der Waals surface area (Å²) in [5, 5.41) is 12.8. The molecule has 3 heterocycles. The summed E-state index contributed by atoms with van der Waals surface area (Å²) in [5.74, 6) is -2.26. The van der Waals surface area contributed by atoms with Crippen LogP contribution in [0.5, 0.6) is 17.2 Å². The third-order valence-corrected chi connectivity index (χ3v) is 10.3. The van der Waals surface area contributed by atoms with Gasteiger partial charge in [0.15, 0.2) is 17.4 Å². The molecule has 2 aromatic carbocycles. The number of fused-ring (bicyclic) bond motifs is 1. The number of carbonyl (C=O) groups is 1. The van der Waals surface area contributed by atoms with Crippen molar-refractivity contribution in [1.82, 2.24) is 9.55 Å². The van der Waals surface area contributed by atoms with Crippen molar-refractivity contribution in [2.24, 2.45) is 0 Å². The van der Waals surface area contributed by atoms with E-state index in [9.17, 15) is 37.8 Å². The molecule has 4 N–H and O–H groups in total. The summed E-state index contributed by atoms with van der Waals surface area (Å²) in [6, 6.07) is 12.9. The van der Waals surface area contributed by atoms with E-state index in [4.69, 9.17) is 28.1 Å². The van der Waals surface area contributed by atoms with E-state index in [1.54, 1.807) is 53.3 Å². The van der Waals surface area contributed by atoms with Crippen LogP contribution in [-0.4, -0.2) is 99.0 Å². The Kier molecular flexibility index (Phi) is 20.0. The molecule has 1 saturated heterocycles. The Morgan fingerprint density at radius 1 is 0.918 bits per heavy atom. The Bertz CT molecular complexity index is 2030. The number of aliphatic hydroxyl groups excluding tert-OH is 1. The first-order chi connectivity index (χ1) is 29.0. The highest BCUT2D eigenvalue weighted by molar-refractivity contribution is 7.43. The van der Waals surface area contributed by atoms with Gasteiger partial charge in [0, 0.05) is 17.6 Å². The van der Waals surface area contributed by atoms with Crippen LogP contribution in [-0.2, 0) is 31.8 Å². The molecule has 1 aliphatic rings. The van der Waals surface area contributed by atoms with E-state index in [0.29, 0.717) is 38.7 Å². The highest BCUT2D eigenvalue weighted by Crippen LogP contribution is 2.43. The summed E-state index contributed by atoms with van der Waals surface area (Å²) >= 11 is 0. The Labute approximate surface area is 353 Å². The fourth-order valence-electron chi connectivity index (χ4n) is 6.05. The summed E-state index contributed by atoms with van der Waals surface area (Å²) in [4.78, 5) is 52.9. The summed E-state index contributed by atoms with van der Waals surface area (Å²) in [6.07, 6.45) is -7.17. The number of phosphoric ester groups is 1. The second-order valence-corrected chi connectivity index (χ2v) is 14.8. The number of rotatable bonds is 18. The number of amides is 1. The molecule has 18 nitrogen and oxygen atoms in total. The van der Waals surface area contributed by atoms with Gasteiger partial charge in [0.1, 0.15) is 42.4 Å². The molecule has 4 aromatic rings. The molecule has 0 bridgehead atoms. The first kappa shape index (κ1) is 50.7. The molecule has 3 atom stereocenters. The van der Waals surface area contributed by atoms with Gasteiger partial charge in [-0.2, -0.15) is 13.8 Å². The molecule has 0 aliphatic carbocycles. The summed E-state index contributed by atoms with van der Waals surface area (Å²) < 4.78 is 76.3. The predicted octanol–water partition coefficient (Wildman–Crippen LogP) is 1.94. The van der Waals surface area contributed by atoms with E-state index in [1.165, 1.54) is 46.4 Å². The number of halogens is 2. The van der Waals surface area contributed by atoms with E-state index < -0.39 is 50.6 Å². The fourth-order valence-corrected chi connectivity index (χ4v) is 6.38. The second-order valence-electron chi connectivity index (χ2n) is 13.6. The molecule has 0 spiro atoms. The molecule has 0 radical (unpaired) electrons. The van der Waals surface area contributed by atoms with Gasteiger partial charge >= 0.3 is 17.7 Å². The number of anilines is 1. The van der Waals surface area contributed by atoms with Crippen LogP contribution in [0.4, 0.5) is 19.4 Å². The van der Waals surface area contributed by atoms with Crippen molar-refractivity contribution in [3.8, 4) is 17.2 Å². The summed E-state index contributed by atoms with van der Waals surface area (Å²) in [5.41, 5.74) is -0.173. The number of hydrogen-bond acceptors (Lipinski definition) is 14. The van der Waals surface area contributed by atoms with Crippen molar-refractivity contribution in [2.45, 2.75) is 79.1 Å². The van der Waals surface area contributed by atoms with Crippen LogP contribution in [0.1, 0.15) is 59.1 Å². The van der Waals surface area contributed by atoms with Crippen LogP contribution >= 0.6 is 7.82 Å². The zero-order valence-corrected chi connectivity index (χ0v) is 36.6. The smallest absolute Gasteiger partial charge is 0.413 e. The molecule has 0 unspecified atom stereocenters.